The van der Waals surface area contributed by atoms with Gasteiger partial charge in [-0.2, -0.15) is 0 Å². The molecule has 2 N–H and O–H groups in total. The van der Waals surface area contributed by atoms with Crippen LogP contribution in [0.4, 0.5) is 10.7 Å². The number of methoxy groups -OCH3 is 1. The summed E-state index contributed by atoms with van der Waals surface area (Å²) in [6.07, 6.45) is 1.84. The van der Waals surface area contributed by atoms with Gasteiger partial charge >= 0.3 is 0 Å². The van der Waals surface area contributed by atoms with E-state index in [0.717, 1.165) is 16.9 Å². The molecule has 0 aliphatic carbocycles. The van der Waals surface area contributed by atoms with E-state index >= 15 is 0 Å². The zero-order valence-corrected chi connectivity index (χ0v) is 16.6. The van der Waals surface area contributed by atoms with Crippen LogP contribution in [-0.4, -0.2) is 31.6 Å². The lowest BCUT2D eigenvalue weighted by Crippen LogP contribution is -2.27. The number of hydrogen-bond donors (Lipinski definition) is 2. The molecule has 1 saturated heterocycles. The van der Waals surface area contributed by atoms with Gasteiger partial charge in [0.15, 0.2) is 0 Å². The molecule has 1 aromatic carbocycles. The molecule has 0 bridgehead atoms. The first-order valence-electron chi connectivity index (χ1n) is 9.04. The van der Waals surface area contributed by atoms with Gasteiger partial charge in [-0.05, 0) is 43.9 Å². The molecule has 1 aromatic heterocycles. The third kappa shape index (κ3) is 4.14. The number of ether oxygens (including phenoxy) is 2. The summed E-state index contributed by atoms with van der Waals surface area (Å²) in [5.74, 6) is 0.131. The van der Waals surface area contributed by atoms with Gasteiger partial charge in [-0.15, -0.1) is 11.3 Å². The molecule has 1 atom stereocenters. The van der Waals surface area contributed by atoms with E-state index < -0.39 is 6.10 Å². The fourth-order valence-corrected chi connectivity index (χ4v) is 4.39. The van der Waals surface area contributed by atoms with Crippen molar-refractivity contribution in [2.24, 2.45) is 0 Å². The fraction of sp³-hybridized carbons (Fsp3) is 0.400. The van der Waals surface area contributed by atoms with Gasteiger partial charge in [-0.25, -0.2) is 0 Å². The molecule has 3 rings (SSSR count). The molecule has 0 radical (unpaired) electrons. The summed E-state index contributed by atoms with van der Waals surface area (Å²) in [5.41, 5.74) is 2.04. The van der Waals surface area contributed by atoms with E-state index in [1.165, 1.54) is 11.3 Å². The summed E-state index contributed by atoms with van der Waals surface area (Å²) in [5, 5.41) is 6.38. The molecule has 144 valence electrons. The zero-order chi connectivity index (χ0) is 19.4. The molecule has 1 aliphatic heterocycles. The fourth-order valence-electron chi connectivity index (χ4n) is 3.24. The van der Waals surface area contributed by atoms with Crippen molar-refractivity contribution in [1.29, 1.82) is 0 Å². The Hall–Kier alpha value is -2.38. The maximum atomic E-state index is 13.1. The van der Waals surface area contributed by atoms with Gasteiger partial charge in [0.05, 0.1) is 18.4 Å². The number of aryl methyl sites for hydroxylation is 1. The first kappa shape index (κ1) is 19.4. The Balaban J connectivity index is 1.88. The van der Waals surface area contributed by atoms with Crippen molar-refractivity contribution in [2.75, 3.05) is 24.4 Å². The van der Waals surface area contributed by atoms with Crippen LogP contribution in [0.1, 0.15) is 40.6 Å². The molecule has 6 nitrogen and oxygen atoms in total. The number of carbonyl (C=O) groups is 2. The number of hydrogen-bond acceptors (Lipinski definition) is 5. The normalized spacial score (nSPS) is 16.2. The van der Waals surface area contributed by atoms with Crippen LogP contribution in [0.15, 0.2) is 24.3 Å². The van der Waals surface area contributed by atoms with Crippen LogP contribution in [0.3, 0.4) is 0 Å². The van der Waals surface area contributed by atoms with Crippen LogP contribution in [0.2, 0.25) is 0 Å². The first-order valence-corrected chi connectivity index (χ1v) is 9.85. The van der Waals surface area contributed by atoms with Gasteiger partial charge < -0.3 is 20.1 Å². The minimum Gasteiger partial charge on any atom is -0.495 e. The molecule has 2 amide bonds. The predicted molar refractivity (Wildman–Crippen MR) is 107 cm³/mol. The number of rotatable bonds is 6. The second-order valence-electron chi connectivity index (χ2n) is 6.34. The van der Waals surface area contributed by atoms with Crippen LogP contribution in [-0.2, 0) is 16.0 Å². The highest BCUT2D eigenvalue weighted by Gasteiger charge is 2.28. The van der Waals surface area contributed by atoms with Gasteiger partial charge in [0.1, 0.15) is 16.9 Å². The number of anilines is 2. The lowest BCUT2D eigenvalue weighted by molar-refractivity contribution is -0.124. The largest absolute Gasteiger partial charge is 0.495 e. The van der Waals surface area contributed by atoms with E-state index in [4.69, 9.17) is 9.47 Å². The highest BCUT2D eigenvalue weighted by atomic mass is 32.1. The van der Waals surface area contributed by atoms with Gasteiger partial charge in [-0.1, -0.05) is 19.1 Å². The van der Waals surface area contributed by atoms with Crippen molar-refractivity contribution in [3.63, 3.8) is 0 Å². The number of amides is 2. The van der Waals surface area contributed by atoms with E-state index in [0.29, 0.717) is 41.4 Å². The first-order chi connectivity index (χ1) is 13.0. The van der Waals surface area contributed by atoms with Crippen molar-refractivity contribution in [3.05, 3.63) is 40.3 Å². The number of carbonyl (C=O) groups excluding carboxylic acids is 2. The topological polar surface area (TPSA) is 76.7 Å². The van der Waals surface area contributed by atoms with E-state index in [-0.39, 0.29) is 11.8 Å². The summed E-state index contributed by atoms with van der Waals surface area (Å²) in [7, 11) is 1.56. The van der Waals surface area contributed by atoms with E-state index in [1.807, 2.05) is 26.0 Å². The second kappa shape index (κ2) is 8.54. The van der Waals surface area contributed by atoms with Crippen LogP contribution < -0.4 is 15.4 Å². The summed E-state index contributed by atoms with van der Waals surface area (Å²) in [4.78, 5) is 26.6. The lowest BCUT2D eigenvalue weighted by atomic mass is 10.1. The minimum absolute atomic E-state index is 0.192. The Morgan fingerprint density at radius 1 is 1.30 bits per heavy atom. The smallest absolute Gasteiger partial charge is 0.259 e. The third-order valence-electron chi connectivity index (χ3n) is 4.60. The number of para-hydroxylation sites is 2. The van der Waals surface area contributed by atoms with Crippen molar-refractivity contribution in [1.82, 2.24) is 0 Å². The summed E-state index contributed by atoms with van der Waals surface area (Å²) < 4.78 is 10.8. The highest BCUT2D eigenvalue weighted by Crippen LogP contribution is 2.35. The molecule has 1 fully saturated rings. The van der Waals surface area contributed by atoms with Gasteiger partial charge in [0.2, 0.25) is 0 Å². The standard InChI is InChI=1S/C20H24N2O4S/c1-4-13-12(2)27-20(22-18(23)16-10-7-11-26-16)17(13)19(24)21-14-8-5-6-9-15(14)25-3/h5-6,8-9,16H,4,7,10-11H2,1-3H3,(H,21,24)(H,22,23)/t16-/m0/s1. The van der Waals surface area contributed by atoms with Crippen molar-refractivity contribution < 1.29 is 19.1 Å². The van der Waals surface area contributed by atoms with E-state index in [9.17, 15) is 9.59 Å². The summed E-state index contributed by atoms with van der Waals surface area (Å²) >= 11 is 1.42. The minimum atomic E-state index is -0.442. The molecule has 0 unspecified atom stereocenters. The Kier molecular flexibility index (Phi) is 6.13. The van der Waals surface area contributed by atoms with Crippen LogP contribution in [0.5, 0.6) is 5.75 Å². The maximum Gasteiger partial charge on any atom is 0.259 e. The molecule has 2 aromatic rings. The average Bonchev–Trinajstić information content (AvgIpc) is 3.30. The van der Waals surface area contributed by atoms with Crippen molar-refractivity contribution in [2.45, 2.75) is 39.2 Å². The van der Waals surface area contributed by atoms with Gasteiger partial charge in [0.25, 0.3) is 11.8 Å². The summed E-state index contributed by atoms with van der Waals surface area (Å²) in [6.45, 7) is 4.56. The van der Waals surface area contributed by atoms with Crippen molar-refractivity contribution >= 4 is 33.8 Å². The van der Waals surface area contributed by atoms with Gasteiger partial charge in [-0.3, -0.25) is 9.59 Å². The quantitative estimate of drug-likeness (QED) is 0.784. The molecule has 0 spiro atoms. The second-order valence-corrected chi connectivity index (χ2v) is 7.56. The third-order valence-corrected chi connectivity index (χ3v) is 5.67. The SMILES string of the molecule is CCc1c(C)sc(NC(=O)[C@@H]2CCCO2)c1C(=O)Nc1ccccc1OC. The molecule has 7 heteroatoms. The van der Waals surface area contributed by atoms with Gasteiger partial charge in [0, 0.05) is 11.5 Å². The Labute approximate surface area is 162 Å². The number of benzene rings is 1. The van der Waals surface area contributed by atoms with Crippen LogP contribution in [0.25, 0.3) is 0 Å². The zero-order valence-electron chi connectivity index (χ0n) is 15.8. The Morgan fingerprint density at radius 3 is 2.74 bits per heavy atom. The summed E-state index contributed by atoms with van der Waals surface area (Å²) in [6, 6.07) is 7.24. The van der Waals surface area contributed by atoms with E-state index in [2.05, 4.69) is 10.6 Å². The number of nitrogens with one attached hydrogen (secondary N) is 2. The average molecular weight is 388 g/mol. The molecular weight excluding hydrogens is 364 g/mol. The lowest BCUT2D eigenvalue weighted by Gasteiger charge is -2.13. The molecular formula is C20H24N2O4S. The monoisotopic (exact) mass is 388 g/mol. The molecule has 2 heterocycles. The molecule has 0 saturated carbocycles. The Bertz CT molecular complexity index is 841. The van der Waals surface area contributed by atoms with E-state index in [1.54, 1.807) is 19.2 Å². The highest BCUT2D eigenvalue weighted by molar-refractivity contribution is 7.16. The number of thiophene rings is 1. The maximum absolute atomic E-state index is 13.1. The van der Waals surface area contributed by atoms with Crippen molar-refractivity contribution in [3.8, 4) is 5.75 Å². The molecule has 1 aliphatic rings. The Morgan fingerprint density at radius 2 is 2.07 bits per heavy atom. The predicted octanol–water partition coefficient (Wildman–Crippen LogP) is 4.00. The van der Waals surface area contributed by atoms with Crippen LogP contribution >= 0.6 is 11.3 Å². The molecule has 27 heavy (non-hydrogen) atoms. The van der Waals surface area contributed by atoms with Crippen LogP contribution in [0, 0.1) is 6.92 Å².